The van der Waals surface area contributed by atoms with Crippen molar-refractivity contribution in [2.75, 3.05) is 24.5 Å². The Morgan fingerprint density at radius 1 is 1.12 bits per heavy atom. The number of piperazine rings is 1. The predicted molar refractivity (Wildman–Crippen MR) is 136 cm³/mol. The molecular formula is C25H27ClN6OS. The van der Waals surface area contributed by atoms with Crippen molar-refractivity contribution in [2.45, 2.75) is 51.0 Å². The number of benzene rings is 1. The molecule has 1 aliphatic carbocycles. The Bertz CT molecular complexity index is 1350. The van der Waals surface area contributed by atoms with Crippen LogP contribution < -0.4 is 4.90 Å². The molecule has 9 heteroatoms. The summed E-state index contributed by atoms with van der Waals surface area (Å²) in [5, 5.41) is 12.9. The summed E-state index contributed by atoms with van der Waals surface area (Å²) in [4.78, 5) is 23.2. The molecule has 1 saturated heterocycles. The number of rotatable bonds is 3. The van der Waals surface area contributed by atoms with E-state index in [4.69, 9.17) is 21.7 Å². The number of anilines is 1. The summed E-state index contributed by atoms with van der Waals surface area (Å²) in [5.41, 5.74) is 1.66. The molecule has 6 rings (SSSR count). The molecule has 0 unspecified atom stereocenters. The maximum Gasteiger partial charge on any atom is 0.264 e. The molecule has 0 bridgehead atoms. The van der Waals surface area contributed by atoms with E-state index in [9.17, 15) is 4.79 Å². The van der Waals surface area contributed by atoms with Crippen LogP contribution in [0.4, 0.5) is 5.95 Å². The Morgan fingerprint density at radius 3 is 2.74 bits per heavy atom. The highest BCUT2D eigenvalue weighted by molar-refractivity contribution is 7.12. The van der Waals surface area contributed by atoms with E-state index in [2.05, 4.69) is 21.3 Å². The van der Waals surface area contributed by atoms with Gasteiger partial charge in [0, 0.05) is 42.0 Å². The van der Waals surface area contributed by atoms with Crippen molar-refractivity contribution in [3.8, 4) is 0 Å². The van der Waals surface area contributed by atoms with Crippen LogP contribution in [0.5, 0.6) is 0 Å². The normalized spacial score (nSPS) is 19.9. The van der Waals surface area contributed by atoms with Gasteiger partial charge in [-0.1, -0.05) is 36.9 Å². The summed E-state index contributed by atoms with van der Waals surface area (Å²) in [7, 11) is 0. The zero-order valence-electron chi connectivity index (χ0n) is 19.2. The largest absolute Gasteiger partial charge is 0.338 e. The molecule has 3 aromatic heterocycles. The van der Waals surface area contributed by atoms with Crippen molar-refractivity contribution in [1.29, 1.82) is 0 Å². The summed E-state index contributed by atoms with van der Waals surface area (Å²) in [6, 6.07) is 9.66. The Hall–Kier alpha value is -2.71. The number of amides is 1. The molecule has 176 valence electrons. The van der Waals surface area contributed by atoms with E-state index in [0.717, 1.165) is 46.0 Å². The van der Waals surface area contributed by atoms with Crippen LogP contribution in [0.25, 0.3) is 16.6 Å². The highest BCUT2D eigenvalue weighted by Crippen LogP contribution is 2.35. The van der Waals surface area contributed by atoms with Crippen molar-refractivity contribution >= 4 is 51.3 Å². The van der Waals surface area contributed by atoms with Crippen LogP contribution in [0.1, 0.15) is 60.4 Å². The van der Waals surface area contributed by atoms with Gasteiger partial charge in [-0.3, -0.25) is 4.79 Å². The SMILES string of the molecule is C[C@@H]1CN(c2nc3cc(Cl)ccc3c3nnc(C4CCCCC4)n23)CCN1C(=O)c1cccs1. The van der Waals surface area contributed by atoms with E-state index in [-0.39, 0.29) is 11.9 Å². The summed E-state index contributed by atoms with van der Waals surface area (Å²) < 4.78 is 2.18. The molecular weight excluding hydrogens is 468 g/mol. The first-order valence-corrected chi connectivity index (χ1v) is 13.3. The summed E-state index contributed by atoms with van der Waals surface area (Å²) in [6.45, 7) is 4.17. The van der Waals surface area contributed by atoms with Crippen LogP contribution in [0.3, 0.4) is 0 Å². The lowest BCUT2D eigenvalue weighted by Gasteiger charge is -2.40. The van der Waals surface area contributed by atoms with Gasteiger partial charge in [0.1, 0.15) is 5.82 Å². The van der Waals surface area contributed by atoms with E-state index in [1.807, 2.05) is 40.6 Å². The zero-order valence-corrected chi connectivity index (χ0v) is 20.7. The Kier molecular flexibility index (Phi) is 5.65. The Labute approximate surface area is 207 Å². The molecule has 0 radical (unpaired) electrons. The van der Waals surface area contributed by atoms with E-state index in [0.29, 0.717) is 30.6 Å². The van der Waals surface area contributed by atoms with Crippen LogP contribution in [-0.4, -0.2) is 56.1 Å². The second kappa shape index (κ2) is 8.82. The summed E-state index contributed by atoms with van der Waals surface area (Å²) in [6.07, 6.45) is 6.02. The lowest BCUT2D eigenvalue weighted by Crippen LogP contribution is -2.54. The number of carbonyl (C=O) groups is 1. The van der Waals surface area contributed by atoms with Crippen molar-refractivity contribution in [3.63, 3.8) is 0 Å². The first kappa shape index (κ1) is 21.8. The number of thiophene rings is 1. The molecule has 7 nitrogen and oxygen atoms in total. The van der Waals surface area contributed by atoms with Gasteiger partial charge in [-0.05, 0) is 49.4 Å². The standard InChI is InChI=1S/C25H27ClN6OS/c1-16-15-30(11-12-31(16)24(33)21-8-5-13-34-21)25-27-20-14-18(26)9-10-19(20)23-29-28-22(32(23)25)17-6-3-2-4-7-17/h5,8-10,13-14,16-17H,2-4,6-7,11-12,15H2,1H3/t16-/m1/s1. The van der Waals surface area contributed by atoms with E-state index in [1.165, 1.54) is 30.6 Å². The summed E-state index contributed by atoms with van der Waals surface area (Å²) >= 11 is 7.82. The Morgan fingerprint density at radius 2 is 1.97 bits per heavy atom. The fourth-order valence-electron chi connectivity index (χ4n) is 5.43. The average Bonchev–Trinajstić information content (AvgIpc) is 3.54. The fourth-order valence-corrected chi connectivity index (χ4v) is 6.28. The number of carbonyl (C=O) groups excluding carboxylic acids is 1. The van der Waals surface area contributed by atoms with Crippen LogP contribution >= 0.6 is 22.9 Å². The minimum Gasteiger partial charge on any atom is -0.338 e. The van der Waals surface area contributed by atoms with Gasteiger partial charge < -0.3 is 9.80 Å². The minimum absolute atomic E-state index is 0.0601. The lowest BCUT2D eigenvalue weighted by atomic mass is 9.89. The highest BCUT2D eigenvalue weighted by atomic mass is 35.5. The van der Waals surface area contributed by atoms with Crippen LogP contribution in [0.2, 0.25) is 5.02 Å². The first-order valence-electron chi connectivity index (χ1n) is 12.0. The molecule has 1 amide bonds. The van der Waals surface area contributed by atoms with Crippen molar-refractivity contribution in [1.82, 2.24) is 24.5 Å². The van der Waals surface area contributed by atoms with Gasteiger partial charge in [-0.15, -0.1) is 21.5 Å². The predicted octanol–water partition coefficient (Wildman–Crippen LogP) is 5.39. The van der Waals surface area contributed by atoms with Gasteiger partial charge in [0.05, 0.1) is 10.4 Å². The molecule has 2 fully saturated rings. The maximum absolute atomic E-state index is 13.0. The average molecular weight is 495 g/mol. The zero-order chi connectivity index (χ0) is 23.2. The topological polar surface area (TPSA) is 66.6 Å². The van der Waals surface area contributed by atoms with Crippen LogP contribution in [0.15, 0.2) is 35.7 Å². The van der Waals surface area contributed by atoms with Gasteiger partial charge in [0.15, 0.2) is 5.65 Å². The number of fused-ring (bicyclic) bond motifs is 3. The Balaban J connectivity index is 1.41. The van der Waals surface area contributed by atoms with Gasteiger partial charge in [-0.2, -0.15) is 0 Å². The number of nitrogens with zero attached hydrogens (tertiary/aromatic N) is 6. The van der Waals surface area contributed by atoms with Crippen LogP contribution in [-0.2, 0) is 0 Å². The van der Waals surface area contributed by atoms with Crippen molar-refractivity contribution < 1.29 is 4.79 Å². The lowest BCUT2D eigenvalue weighted by molar-refractivity contribution is 0.0678. The third-order valence-electron chi connectivity index (χ3n) is 7.18. The molecule has 1 atom stereocenters. The first-order chi connectivity index (χ1) is 16.6. The quantitative estimate of drug-likeness (QED) is 0.382. The smallest absolute Gasteiger partial charge is 0.264 e. The molecule has 1 aromatic carbocycles. The summed E-state index contributed by atoms with van der Waals surface area (Å²) in [5.74, 6) is 2.37. The van der Waals surface area contributed by atoms with Gasteiger partial charge >= 0.3 is 0 Å². The van der Waals surface area contributed by atoms with Crippen LogP contribution in [0, 0.1) is 0 Å². The molecule has 4 heterocycles. The van der Waals surface area contributed by atoms with Crippen molar-refractivity contribution in [3.05, 3.63) is 51.4 Å². The van der Waals surface area contributed by atoms with E-state index in [1.54, 1.807) is 0 Å². The molecule has 2 aliphatic rings. The van der Waals surface area contributed by atoms with Gasteiger partial charge in [0.25, 0.3) is 5.91 Å². The van der Waals surface area contributed by atoms with Crippen molar-refractivity contribution in [2.24, 2.45) is 0 Å². The number of aromatic nitrogens is 4. The number of hydrogen-bond donors (Lipinski definition) is 0. The molecule has 4 aromatic rings. The van der Waals surface area contributed by atoms with E-state index >= 15 is 0 Å². The molecule has 1 aliphatic heterocycles. The maximum atomic E-state index is 13.0. The number of halogens is 1. The second-order valence-corrected chi connectivity index (χ2v) is 10.8. The molecule has 0 N–H and O–H groups in total. The monoisotopic (exact) mass is 494 g/mol. The molecule has 34 heavy (non-hydrogen) atoms. The third kappa shape index (κ3) is 3.73. The van der Waals surface area contributed by atoms with Gasteiger partial charge in [-0.25, -0.2) is 9.38 Å². The second-order valence-electron chi connectivity index (χ2n) is 9.40. The minimum atomic E-state index is 0.0601. The van der Waals surface area contributed by atoms with Gasteiger partial charge in [0.2, 0.25) is 5.95 Å². The molecule has 0 spiro atoms. The number of hydrogen-bond acceptors (Lipinski definition) is 6. The fraction of sp³-hybridized carbons (Fsp3) is 0.440. The highest BCUT2D eigenvalue weighted by Gasteiger charge is 2.32. The third-order valence-corrected chi connectivity index (χ3v) is 8.28. The molecule has 1 saturated carbocycles. The van der Waals surface area contributed by atoms with E-state index < -0.39 is 0 Å².